The molecule has 3 rings (SSSR count). The molecule has 2 bridgehead atoms. The Hall–Kier alpha value is -1.45. The molecule has 1 aromatic rings. The predicted octanol–water partition coefficient (Wildman–Crippen LogP) is 0.301. The quantitative estimate of drug-likeness (QED) is 0.305. The van der Waals surface area contributed by atoms with E-state index in [1.165, 1.54) is 6.20 Å². The van der Waals surface area contributed by atoms with Crippen molar-refractivity contribution in [3.8, 4) is 0 Å². The van der Waals surface area contributed by atoms with E-state index in [0.29, 0.717) is 18.1 Å². The summed E-state index contributed by atoms with van der Waals surface area (Å²) in [7, 11) is 0. The highest BCUT2D eigenvalue weighted by Gasteiger charge is 2.48. The molecule has 1 amide bonds. The average Bonchev–Trinajstić information content (AvgIpc) is 2.85. The van der Waals surface area contributed by atoms with Crippen molar-refractivity contribution in [1.82, 2.24) is 14.6 Å². The Labute approximate surface area is 148 Å². The normalized spacial score (nSPS) is 25.6. The van der Waals surface area contributed by atoms with E-state index in [-0.39, 0.29) is 23.7 Å². The van der Waals surface area contributed by atoms with Gasteiger partial charge in [0.25, 0.3) is 5.91 Å². The van der Waals surface area contributed by atoms with Gasteiger partial charge in [-0.05, 0) is 37.1 Å². The Morgan fingerprint density at radius 2 is 1.88 bits per heavy atom. The minimum Gasteiger partial charge on any atom is -0.593 e. The van der Waals surface area contributed by atoms with Gasteiger partial charge in [0.1, 0.15) is 5.70 Å². The summed E-state index contributed by atoms with van der Waals surface area (Å²) in [6.45, 7) is 1.02. The van der Waals surface area contributed by atoms with E-state index in [1.54, 1.807) is 29.2 Å². The van der Waals surface area contributed by atoms with Crippen molar-refractivity contribution in [2.75, 3.05) is 13.1 Å². The van der Waals surface area contributed by atoms with Crippen LogP contribution in [0.5, 0.6) is 0 Å². The molecule has 0 radical (unpaired) electrons. The van der Waals surface area contributed by atoms with Gasteiger partial charge in [0.2, 0.25) is 0 Å². The Kier molecular flexibility index (Phi) is 5.21. The maximum atomic E-state index is 12.9. The lowest BCUT2D eigenvalue weighted by Crippen LogP contribution is -2.57. The van der Waals surface area contributed by atoms with Crippen LogP contribution in [0, 0.1) is 0 Å². The Balaban J connectivity index is 1.74. The largest absolute Gasteiger partial charge is 0.593 e. The van der Waals surface area contributed by atoms with Gasteiger partial charge in [0.05, 0.1) is 23.4 Å². The number of amides is 1. The van der Waals surface area contributed by atoms with E-state index in [9.17, 15) is 9.35 Å². The van der Waals surface area contributed by atoms with Crippen molar-refractivity contribution >= 4 is 28.9 Å². The summed E-state index contributed by atoms with van der Waals surface area (Å²) >= 11 is 4.63. The summed E-state index contributed by atoms with van der Waals surface area (Å²) in [6, 6.07) is 7.15. The predicted molar refractivity (Wildman–Crippen MR) is 92.7 cm³/mol. The van der Waals surface area contributed by atoms with Crippen molar-refractivity contribution in [2.45, 2.75) is 29.8 Å². The zero-order chi connectivity index (χ0) is 17.3. The van der Waals surface area contributed by atoms with E-state index in [1.807, 2.05) is 4.31 Å². The number of nitrogens with two attached hydrogens (primary N) is 2. The first-order valence-corrected chi connectivity index (χ1v) is 9.17. The fraction of sp³-hybridized carbons (Fsp3) is 0.400. The topological polar surface area (TPSA) is 111 Å². The maximum absolute atomic E-state index is 12.9. The molecule has 5 N–H and O–H groups in total. The van der Waals surface area contributed by atoms with Crippen LogP contribution in [0.3, 0.4) is 0 Å². The van der Waals surface area contributed by atoms with Crippen LogP contribution in [0.2, 0.25) is 5.02 Å². The SMILES string of the molecule is N/C=C(\NN)C(=O)N1CC2CCC(C1)N2[S+]([O-])c1ccc(Cl)cc1. The molecular formula is C15H20ClN5O2S. The molecule has 2 aliphatic rings. The molecule has 7 nitrogen and oxygen atoms in total. The standard InChI is InChI=1S/C15H20ClN5O2S/c16-10-1-5-13(6-2-10)24(23)21-11-3-4-12(21)9-20(8-11)15(22)14(7-17)19-18/h1-2,5-7,11-12,19H,3-4,8-9,17-18H2/b14-7-. The second-order valence-electron chi connectivity index (χ2n) is 5.88. The molecule has 1 aromatic carbocycles. The van der Waals surface area contributed by atoms with Crippen LogP contribution in [0.25, 0.3) is 0 Å². The zero-order valence-electron chi connectivity index (χ0n) is 13.0. The average molecular weight is 370 g/mol. The van der Waals surface area contributed by atoms with Gasteiger partial charge in [0.15, 0.2) is 4.90 Å². The number of likely N-dealkylation sites (tertiary alicyclic amines) is 1. The van der Waals surface area contributed by atoms with Gasteiger partial charge in [-0.1, -0.05) is 11.6 Å². The highest BCUT2D eigenvalue weighted by atomic mass is 35.5. The van der Waals surface area contributed by atoms with Crippen molar-refractivity contribution in [3.63, 3.8) is 0 Å². The number of piperazine rings is 1. The number of nitrogens with zero attached hydrogens (tertiary/aromatic N) is 2. The minimum absolute atomic E-state index is 0.0565. The number of carbonyl (C=O) groups excluding carboxylic acids is 1. The van der Waals surface area contributed by atoms with Crippen molar-refractivity contribution < 1.29 is 9.35 Å². The van der Waals surface area contributed by atoms with E-state index in [2.05, 4.69) is 5.43 Å². The molecule has 3 unspecified atom stereocenters. The number of fused-ring (bicyclic) bond motifs is 2. The third-order valence-electron chi connectivity index (χ3n) is 4.46. The summed E-state index contributed by atoms with van der Waals surface area (Å²) in [5.74, 6) is 5.10. The Bertz CT molecular complexity index is 627. The van der Waals surface area contributed by atoms with E-state index in [0.717, 1.165) is 17.7 Å². The third kappa shape index (κ3) is 3.20. The molecule has 2 saturated heterocycles. The number of halogens is 1. The van der Waals surface area contributed by atoms with Crippen LogP contribution < -0.4 is 17.0 Å². The summed E-state index contributed by atoms with van der Waals surface area (Å²) in [5.41, 5.74) is 7.91. The van der Waals surface area contributed by atoms with Gasteiger partial charge in [-0.25, -0.2) is 0 Å². The first kappa shape index (κ1) is 17.4. The first-order chi connectivity index (χ1) is 11.5. The van der Waals surface area contributed by atoms with Crippen LogP contribution in [-0.2, 0) is 16.2 Å². The molecule has 2 fully saturated rings. The molecule has 0 aromatic heterocycles. The number of hydrogen-bond donors (Lipinski definition) is 3. The zero-order valence-corrected chi connectivity index (χ0v) is 14.6. The summed E-state index contributed by atoms with van der Waals surface area (Å²) in [5, 5.41) is 0.615. The molecule has 3 atom stereocenters. The molecule has 130 valence electrons. The Morgan fingerprint density at radius 1 is 1.29 bits per heavy atom. The highest BCUT2D eigenvalue weighted by Crippen LogP contribution is 2.35. The van der Waals surface area contributed by atoms with Gasteiger partial charge in [0, 0.05) is 24.3 Å². The van der Waals surface area contributed by atoms with Crippen LogP contribution >= 0.6 is 11.6 Å². The van der Waals surface area contributed by atoms with Crippen LogP contribution in [0.15, 0.2) is 41.1 Å². The van der Waals surface area contributed by atoms with Crippen LogP contribution in [-0.4, -0.2) is 44.8 Å². The van der Waals surface area contributed by atoms with Crippen molar-refractivity contribution in [3.05, 3.63) is 41.2 Å². The Morgan fingerprint density at radius 3 is 2.38 bits per heavy atom. The minimum atomic E-state index is -1.26. The van der Waals surface area contributed by atoms with Crippen LogP contribution in [0.1, 0.15) is 12.8 Å². The number of carbonyl (C=O) groups is 1. The monoisotopic (exact) mass is 369 g/mol. The molecule has 0 spiro atoms. The fourth-order valence-corrected chi connectivity index (χ4v) is 4.95. The molecule has 2 aliphatic heterocycles. The second kappa shape index (κ2) is 7.20. The fourth-order valence-electron chi connectivity index (χ4n) is 3.33. The number of hydrogen-bond acceptors (Lipinski definition) is 6. The molecule has 9 heteroatoms. The number of nitrogens with one attached hydrogen (secondary N) is 1. The molecule has 24 heavy (non-hydrogen) atoms. The summed E-state index contributed by atoms with van der Waals surface area (Å²) in [6.07, 6.45) is 2.99. The third-order valence-corrected chi connectivity index (χ3v) is 6.37. The molecular weight excluding hydrogens is 350 g/mol. The molecule has 0 saturated carbocycles. The summed E-state index contributed by atoms with van der Waals surface area (Å²) in [4.78, 5) is 14.8. The summed E-state index contributed by atoms with van der Waals surface area (Å²) < 4.78 is 14.9. The van der Waals surface area contributed by atoms with Crippen molar-refractivity contribution in [1.29, 1.82) is 0 Å². The lowest BCUT2D eigenvalue weighted by Gasteiger charge is -2.39. The van der Waals surface area contributed by atoms with Crippen LogP contribution in [0.4, 0.5) is 0 Å². The second-order valence-corrected chi connectivity index (χ2v) is 7.71. The molecule has 0 aliphatic carbocycles. The first-order valence-electron chi connectivity index (χ1n) is 7.68. The number of hydrazine groups is 1. The van der Waals surface area contributed by atoms with Gasteiger partial charge < -0.3 is 20.6 Å². The van der Waals surface area contributed by atoms with Gasteiger partial charge in [-0.3, -0.25) is 10.6 Å². The number of rotatable bonds is 4. The van der Waals surface area contributed by atoms with E-state index in [4.69, 9.17) is 23.2 Å². The van der Waals surface area contributed by atoms with E-state index < -0.39 is 11.4 Å². The van der Waals surface area contributed by atoms with Gasteiger partial charge >= 0.3 is 0 Å². The van der Waals surface area contributed by atoms with E-state index >= 15 is 0 Å². The number of benzene rings is 1. The van der Waals surface area contributed by atoms with Gasteiger partial charge in [-0.2, -0.15) is 0 Å². The smallest absolute Gasteiger partial charge is 0.272 e. The lowest BCUT2D eigenvalue weighted by atomic mass is 10.2. The lowest BCUT2D eigenvalue weighted by molar-refractivity contribution is -0.129. The maximum Gasteiger partial charge on any atom is 0.272 e. The van der Waals surface area contributed by atoms with Gasteiger partial charge in [-0.15, -0.1) is 4.31 Å². The van der Waals surface area contributed by atoms with Crippen molar-refractivity contribution in [2.24, 2.45) is 11.6 Å². The molecule has 2 heterocycles. The highest BCUT2D eigenvalue weighted by molar-refractivity contribution is 7.89.